The normalized spacial score (nSPS) is 45.0. The standard InChI is InChI=1S/C9H16OS/c10-7-4-5-8-2-1-3-9(6-7)11-8/h7-10H,1-6H2. The predicted octanol–water partition coefficient (Wildman–Crippen LogP) is 2.19. The van der Waals surface area contributed by atoms with Crippen molar-refractivity contribution in [3.05, 3.63) is 0 Å². The van der Waals surface area contributed by atoms with Crippen LogP contribution in [0.15, 0.2) is 0 Å². The van der Waals surface area contributed by atoms with Crippen LogP contribution in [0, 0.1) is 0 Å². The summed E-state index contributed by atoms with van der Waals surface area (Å²) in [4.78, 5) is 0. The quantitative estimate of drug-likeness (QED) is 0.604. The van der Waals surface area contributed by atoms with Crippen LogP contribution in [0.3, 0.4) is 0 Å². The van der Waals surface area contributed by atoms with Gasteiger partial charge in [0.05, 0.1) is 6.10 Å². The van der Waals surface area contributed by atoms with E-state index in [1.165, 1.54) is 25.7 Å². The van der Waals surface area contributed by atoms with Gasteiger partial charge in [0.25, 0.3) is 0 Å². The molecule has 2 rings (SSSR count). The molecule has 64 valence electrons. The highest BCUT2D eigenvalue weighted by Crippen LogP contribution is 2.39. The van der Waals surface area contributed by atoms with E-state index in [0.29, 0.717) is 0 Å². The van der Waals surface area contributed by atoms with Crippen molar-refractivity contribution < 1.29 is 5.11 Å². The number of fused-ring (bicyclic) bond motifs is 2. The highest BCUT2D eigenvalue weighted by molar-refractivity contribution is 8.00. The Morgan fingerprint density at radius 2 is 1.82 bits per heavy atom. The first-order valence-corrected chi connectivity index (χ1v) is 5.62. The second kappa shape index (κ2) is 3.36. The van der Waals surface area contributed by atoms with E-state index in [1.807, 2.05) is 0 Å². The van der Waals surface area contributed by atoms with E-state index in [-0.39, 0.29) is 6.10 Å². The van der Waals surface area contributed by atoms with Crippen molar-refractivity contribution in [3.8, 4) is 0 Å². The number of hydrogen-bond acceptors (Lipinski definition) is 2. The van der Waals surface area contributed by atoms with E-state index in [0.717, 1.165) is 23.3 Å². The molecule has 0 amide bonds. The Balaban J connectivity index is 1.98. The molecule has 0 aromatic rings. The summed E-state index contributed by atoms with van der Waals surface area (Å²) < 4.78 is 0. The Bertz CT molecular complexity index is 136. The summed E-state index contributed by atoms with van der Waals surface area (Å²) in [5.74, 6) is 0. The molecule has 0 aromatic carbocycles. The van der Waals surface area contributed by atoms with Gasteiger partial charge < -0.3 is 5.11 Å². The number of hydrogen-bond donors (Lipinski definition) is 1. The van der Waals surface area contributed by atoms with Gasteiger partial charge in [-0.2, -0.15) is 11.8 Å². The van der Waals surface area contributed by atoms with Crippen molar-refractivity contribution in [1.82, 2.24) is 0 Å². The van der Waals surface area contributed by atoms with E-state index in [2.05, 4.69) is 11.8 Å². The average molecular weight is 172 g/mol. The summed E-state index contributed by atoms with van der Waals surface area (Å²) >= 11 is 2.14. The van der Waals surface area contributed by atoms with Gasteiger partial charge in [-0.1, -0.05) is 6.42 Å². The molecule has 2 aliphatic heterocycles. The zero-order chi connectivity index (χ0) is 7.68. The fourth-order valence-corrected chi connectivity index (χ4v) is 3.92. The van der Waals surface area contributed by atoms with Gasteiger partial charge >= 0.3 is 0 Å². The largest absolute Gasteiger partial charge is 0.393 e. The topological polar surface area (TPSA) is 20.2 Å². The molecule has 11 heavy (non-hydrogen) atoms. The van der Waals surface area contributed by atoms with Crippen LogP contribution < -0.4 is 0 Å². The van der Waals surface area contributed by atoms with Crippen molar-refractivity contribution in [1.29, 1.82) is 0 Å². The molecular formula is C9H16OS. The Labute approximate surface area is 72.6 Å². The van der Waals surface area contributed by atoms with Gasteiger partial charge in [0.2, 0.25) is 0 Å². The Hall–Kier alpha value is 0.310. The molecule has 2 fully saturated rings. The first-order chi connectivity index (χ1) is 5.34. The molecule has 1 N–H and O–H groups in total. The molecule has 2 bridgehead atoms. The average Bonchev–Trinajstić information content (AvgIpc) is 2.12. The van der Waals surface area contributed by atoms with Gasteiger partial charge in [0.1, 0.15) is 0 Å². The van der Waals surface area contributed by atoms with Crippen molar-refractivity contribution in [2.45, 2.75) is 55.1 Å². The fraction of sp³-hybridized carbons (Fsp3) is 1.00. The van der Waals surface area contributed by atoms with Crippen LogP contribution in [0.4, 0.5) is 0 Å². The molecule has 0 radical (unpaired) electrons. The first-order valence-electron chi connectivity index (χ1n) is 4.68. The zero-order valence-corrected chi connectivity index (χ0v) is 7.65. The summed E-state index contributed by atoms with van der Waals surface area (Å²) in [6, 6.07) is 0. The lowest BCUT2D eigenvalue weighted by Gasteiger charge is -2.25. The van der Waals surface area contributed by atoms with Crippen LogP contribution in [-0.2, 0) is 0 Å². The molecule has 3 atom stereocenters. The van der Waals surface area contributed by atoms with Gasteiger partial charge in [-0.05, 0) is 32.1 Å². The van der Waals surface area contributed by atoms with E-state index in [9.17, 15) is 5.11 Å². The van der Waals surface area contributed by atoms with Crippen molar-refractivity contribution in [3.63, 3.8) is 0 Å². The van der Waals surface area contributed by atoms with E-state index in [4.69, 9.17) is 0 Å². The van der Waals surface area contributed by atoms with Crippen LogP contribution in [-0.4, -0.2) is 21.7 Å². The van der Waals surface area contributed by atoms with Gasteiger partial charge in [0.15, 0.2) is 0 Å². The van der Waals surface area contributed by atoms with E-state index >= 15 is 0 Å². The summed E-state index contributed by atoms with van der Waals surface area (Å²) in [5.41, 5.74) is 0. The lowest BCUT2D eigenvalue weighted by Crippen LogP contribution is -2.16. The van der Waals surface area contributed by atoms with Gasteiger partial charge in [-0.3, -0.25) is 0 Å². The van der Waals surface area contributed by atoms with Gasteiger partial charge in [-0.25, -0.2) is 0 Å². The van der Waals surface area contributed by atoms with Crippen LogP contribution >= 0.6 is 11.8 Å². The minimum Gasteiger partial charge on any atom is -0.393 e. The first kappa shape index (κ1) is 7.93. The summed E-state index contributed by atoms with van der Waals surface area (Å²) in [7, 11) is 0. The highest BCUT2D eigenvalue weighted by Gasteiger charge is 2.28. The number of rotatable bonds is 0. The molecule has 2 heteroatoms. The zero-order valence-electron chi connectivity index (χ0n) is 6.83. The smallest absolute Gasteiger partial charge is 0.0551 e. The van der Waals surface area contributed by atoms with Crippen LogP contribution in [0.2, 0.25) is 0 Å². The maximum Gasteiger partial charge on any atom is 0.0551 e. The molecule has 2 aliphatic rings. The maximum absolute atomic E-state index is 9.52. The SMILES string of the molecule is OC1CCC2CCCC(C1)S2. The summed E-state index contributed by atoms with van der Waals surface area (Å²) in [5, 5.41) is 11.2. The van der Waals surface area contributed by atoms with Gasteiger partial charge in [-0.15, -0.1) is 0 Å². The molecule has 2 saturated heterocycles. The Kier molecular flexibility index (Phi) is 2.42. The minimum atomic E-state index is 0.00981. The minimum absolute atomic E-state index is 0.00981. The number of thioether (sulfide) groups is 1. The second-order valence-electron chi connectivity index (χ2n) is 3.78. The van der Waals surface area contributed by atoms with E-state index < -0.39 is 0 Å². The third-order valence-electron chi connectivity index (χ3n) is 2.79. The lowest BCUT2D eigenvalue weighted by molar-refractivity contribution is 0.155. The van der Waals surface area contributed by atoms with Crippen LogP contribution in [0.25, 0.3) is 0 Å². The number of aliphatic hydroxyl groups is 1. The third kappa shape index (κ3) is 1.91. The van der Waals surface area contributed by atoms with Gasteiger partial charge in [0, 0.05) is 10.5 Å². The molecule has 3 unspecified atom stereocenters. The van der Waals surface area contributed by atoms with Crippen molar-refractivity contribution >= 4 is 11.8 Å². The number of aliphatic hydroxyl groups excluding tert-OH is 1. The van der Waals surface area contributed by atoms with Crippen LogP contribution in [0.1, 0.15) is 38.5 Å². The predicted molar refractivity (Wildman–Crippen MR) is 48.9 cm³/mol. The Morgan fingerprint density at radius 1 is 1.00 bits per heavy atom. The molecule has 1 nitrogen and oxygen atoms in total. The summed E-state index contributed by atoms with van der Waals surface area (Å²) in [6.07, 6.45) is 7.51. The molecule has 2 heterocycles. The third-order valence-corrected chi connectivity index (χ3v) is 4.46. The van der Waals surface area contributed by atoms with Crippen molar-refractivity contribution in [2.24, 2.45) is 0 Å². The van der Waals surface area contributed by atoms with Crippen molar-refractivity contribution in [2.75, 3.05) is 0 Å². The lowest BCUT2D eigenvalue weighted by atomic mass is 10.1. The second-order valence-corrected chi connectivity index (χ2v) is 5.38. The molecular weight excluding hydrogens is 156 g/mol. The monoisotopic (exact) mass is 172 g/mol. The van der Waals surface area contributed by atoms with Crippen LogP contribution in [0.5, 0.6) is 0 Å². The molecule has 0 spiro atoms. The Morgan fingerprint density at radius 3 is 2.73 bits per heavy atom. The molecule has 0 aliphatic carbocycles. The molecule has 0 aromatic heterocycles. The molecule has 0 saturated carbocycles. The summed E-state index contributed by atoms with van der Waals surface area (Å²) in [6.45, 7) is 0. The fourth-order valence-electron chi connectivity index (χ4n) is 2.17. The van der Waals surface area contributed by atoms with E-state index in [1.54, 1.807) is 0 Å². The maximum atomic E-state index is 9.52. The highest BCUT2D eigenvalue weighted by atomic mass is 32.2.